The van der Waals surface area contributed by atoms with Gasteiger partial charge in [0.2, 0.25) is 0 Å². The van der Waals surface area contributed by atoms with Crippen molar-refractivity contribution in [1.29, 1.82) is 0 Å². The van der Waals surface area contributed by atoms with Crippen LogP contribution in [0.25, 0.3) is 11.0 Å². The van der Waals surface area contributed by atoms with Crippen LogP contribution in [0.5, 0.6) is 5.75 Å². The van der Waals surface area contributed by atoms with Gasteiger partial charge in [0.25, 0.3) is 0 Å². The Hall–Kier alpha value is -2.73. The topological polar surface area (TPSA) is 77.8 Å². The maximum absolute atomic E-state index is 11.9. The molecular formula is C22H24N2O3S. The summed E-state index contributed by atoms with van der Waals surface area (Å²) in [5.74, 6) is 1.69. The van der Waals surface area contributed by atoms with Gasteiger partial charge in [-0.3, -0.25) is 0 Å². The molecule has 0 spiro atoms. The molecule has 0 aliphatic carbocycles. The van der Waals surface area contributed by atoms with Crippen molar-refractivity contribution in [2.24, 2.45) is 10.7 Å². The maximum atomic E-state index is 11.9. The van der Waals surface area contributed by atoms with Crippen molar-refractivity contribution in [3.05, 3.63) is 70.1 Å². The van der Waals surface area contributed by atoms with Crippen LogP contribution in [0, 0.1) is 0 Å². The number of methoxy groups -OCH3 is 1. The van der Waals surface area contributed by atoms with Crippen molar-refractivity contribution in [2.45, 2.75) is 31.9 Å². The fourth-order valence-corrected chi connectivity index (χ4v) is 3.59. The highest BCUT2D eigenvalue weighted by atomic mass is 32.2. The van der Waals surface area contributed by atoms with Crippen LogP contribution in [0.15, 0.2) is 62.7 Å². The summed E-state index contributed by atoms with van der Waals surface area (Å²) < 4.78 is 10.5. The zero-order valence-electron chi connectivity index (χ0n) is 16.3. The maximum Gasteiger partial charge on any atom is 0.336 e. The highest BCUT2D eigenvalue weighted by Gasteiger charge is 2.08. The van der Waals surface area contributed by atoms with Crippen molar-refractivity contribution in [1.82, 2.24) is 0 Å². The lowest BCUT2D eigenvalue weighted by Crippen LogP contribution is -2.07. The quantitative estimate of drug-likeness (QED) is 0.352. The average Bonchev–Trinajstić information content (AvgIpc) is 2.71. The normalized spacial score (nSPS) is 12.9. The Balaban J connectivity index is 1.76. The molecule has 3 rings (SSSR count). The van der Waals surface area contributed by atoms with Crippen LogP contribution in [-0.4, -0.2) is 12.3 Å². The number of thioether (sulfide) groups is 1. The highest BCUT2D eigenvalue weighted by molar-refractivity contribution is 8.13. The molecular weight excluding hydrogens is 372 g/mol. The molecule has 2 N–H and O–H groups in total. The Morgan fingerprint density at radius 2 is 1.96 bits per heavy atom. The minimum atomic E-state index is -0.396. The third-order valence-electron chi connectivity index (χ3n) is 4.73. The number of rotatable bonds is 6. The number of nitrogens with two attached hydrogens (primary N) is 1. The van der Waals surface area contributed by atoms with E-state index in [0.29, 0.717) is 28.2 Å². The van der Waals surface area contributed by atoms with E-state index in [4.69, 9.17) is 14.9 Å². The zero-order valence-corrected chi connectivity index (χ0v) is 17.1. The van der Waals surface area contributed by atoms with Gasteiger partial charge in [-0.1, -0.05) is 37.7 Å². The first-order valence-electron chi connectivity index (χ1n) is 9.18. The summed E-state index contributed by atoms with van der Waals surface area (Å²) in [5.41, 5.74) is 9.17. The monoisotopic (exact) mass is 396 g/mol. The predicted octanol–water partition coefficient (Wildman–Crippen LogP) is 5.19. The first-order valence-corrected chi connectivity index (χ1v) is 10.2. The minimum absolute atomic E-state index is 0.396. The molecule has 0 saturated carbocycles. The second-order valence-corrected chi connectivity index (χ2v) is 7.59. The third kappa shape index (κ3) is 4.75. The first kappa shape index (κ1) is 20.0. The van der Waals surface area contributed by atoms with Gasteiger partial charge in [-0.15, -0.1) is 0 Å². The Morgan fingerprint density at radius 3 is 2.64 bits per heavy atom. The standard InChI is InChI=1S/C22H24N2O3S/c1-4-14(2)15-5-7-17(8-6-15)24-22(23)28-13-16-11-21(25)27-20-12-18(26-3)9-10-19(16)20/h5-12,14H,4,13H2,1-3H3,(H2,23,24)/t14-/m0/s1. The van der Waals surface area contributed by atoms with Crippen LogP contribution in [-0.2, 0) is 5.75 Å². The van der Waals surface area contributed by atoms with Crippen molar-refractivity contribution in [3.8, 4) is 5.75 Å². The fourth-order valence-electron chi connectivity index (χ4n) is 2.88. The van der Waals surface area contributed by atoms with E-state index in [-0.39, 0.29) is 0 Å². The average molecular weight is 397 g/mol. The Bertz CT molecular complexity index is 1040. The van der Waals surface area contributed by atoms with Crippen LogP contribution < -0.4 is 16.1 Å². The molecule has 0 unspecified atom stereocenters. The van der Waals surface area contributed by atoms with Gasteiger partial charge in [-0.2, -0.15) is 0 Å². The molecule has 0 aliphatic heterocycles. The molecule has 0 bridgehead atoms. The molecule has 0 fully saturated rings. The second kappa shape index (κ2) is 8.97. The number of ether oxygens (including phenoxy) is 1. The lowest BCUT2D eigenvalue weighted by Gasteiger charge is -2.09. The lowest BCUT2D eigenvalue weighted by atomic mass is 9.99. The van der Waals surface area contributed by atoms with Crippen LogP contribution in [0.1, 0.15) is 37.3 Å². The SMILES string of the molecule is CC[C@H](C)c1ccc(N=C(N)SCc2cc(=O)oc3cc(OC)ccc23)cc1. The van der Waals surface area contributed by atoms with Gasteiger partial charge in [0.05, 0.1) is 12.8 Å². The van der Waals surface area contributed by atoms with Gasteiger partial charge in [0.15, 0.2) is 5.17 Å². The molecule has 0 saturated heterocycles. The van der Waals surface area contributed by atoms with Gasteiger partial charge in [-0.05, 0) is 47.7 Å². The van der Waals surface area contributed by atoms with E-state index in [1.807, 2.05) is 24.3 Å². The molecule has 5 nitrogen and oxygen atoms in total. The number of fused-ring (bicyclic) bond motifs is 1. The van der Waals surface area contributed by atoms with Crippen LogP contribution >= 0.6 is 11.8 Å². The Morgan fingerprint density at radius 1 is 1.21 bits per heavy atom. The molecule has 0 aliphatic rings. The van der Waals surface area contributed by atoms with E-state index in [0.717, 1.165) is 23.1 Å². The number of hydrogen-bond donors (Lipinski definition) is 1. The van der Waals surface area contributed by atoms with Crippen LogP contribution in [0.2, 0.25) is 0 Å². The highest BCUT2D eigenvalue weighted by Crippen LogP contribution is 2.26. The molecule has 3 aromatic rings. The number of benzene rings is 2. The molecule has 1 heterocycles. The lowest BCUT2D eigenvalue weighted by molar-refractivity contribution is 0.414. The van der Waals surface area contributed by atoms with Crippen molar-refractivity contribution < 1.29 is 9.15 Å². The zero-order chi connectivity index (χ0) is 20.1. The van der Waals surface area contributed by atoms with Gasteiger partial charge in [0, 0.05) is 23.3 Å². The molecule has 28 heavy (non-hydrogen) atoms. The molecule has 2 aromatic carbocycles. The molecule has 0 radical (unpaired) electrons. The molecule has 146 valence electrons. The van der Waals surface area contributed by atoms with E-state index < -0.39 is 5.63 Å². The van der Waals surface area contributed by atoms with Crippen molar-refractivity contribution in [2.75, 3.05) is 7.11 Å². The van der Waals surface area contributed by atoms with Crippen molar-refractivity contribution >= 4 is 33.6 Å². The smallest absolute Gasteiger partial charge is 0.336 e. The molecule has 1 aromatic heterocycles. The summed E-state index contributed by atoms with van der Waals surface area (Å²) in [6, 6.07) is 15.1. The Labute approximate surface area is 168 Å². The van der Waals surface area contributed by atoms with Gasteiger partial charge in [0.1, 0.15) is 11.3 Å². The van der Waals surface area contributed by atoms with E-state index in [2.05, 4.69) is 31.0 Å². The van der Waals surface area contributed by atoms with Crippen LogP contribution in [0.3, 0.4) is 0 Å². The van der Waals surface area contributed by atoms with Gasteiger partial charge >= 0.3 is 5.63 Å². The van der Waals surface area contributed by atoms with E-state index in [1.54, 1.807) is 13.2 Å². The summed E-state index contributed by atoms with van der Waals surface area (Å²) in [4.78, 5) is 16.3. The number of aliphatic imine (C=N–C) groups is 1. The molecule has 1 atom stereocenters. The first-order chi connectivity index (χ1) is 13.5. The van der Waals surface area contributed by atoms with Crippen molar-refractivity contribution in [3.63, 3.8) is 0 Å². The minimum Gasteiger partial charge on any atom is -0.497 e. The third-order valence-corrected chi connectivity index (χ3v) is 5.57. The number of amidine groups is 1. The summed E-state index contributed by atoms with van der Waals surface area (Å²) in [6.45, 7) is 4.38. The molecule has 6 heteroatoms. The summed E-state index contributed by atoms with van der Waals surface area (Å²) >= 11 is 1.39. The van der Waals surface area contributed by atoms with Gasteiger partial charge < -0.3 is 14.9 Å². The van der Waals surface area contributed by atoms with Gasteiger partial charge in [-0.25, -0.2) is 9.79 Å². The Kier molecular flexibility index (Phi) is 6.41. The number of nitrogens with zero attached hydrogens (tertiary/aromatic N) is 1. The van der Waals surface area contributed by atoms with Crippen LogP contribution in [0.4, 0.5) is 5.69 Å². The predicted molar refractivity (Wildman–Crippen MR) is 117 cm³/mol. The number of hydrogen-bond acceptors (Lipinski definition) is 5. The second-order valence-electron chi connectivity index (χ2n) is 6.59. The van der Waals surface area contributed by atoms with E-state index in [1.165, 1.54) is 23.4 Å². The summed E-state index contributed by atoms with van der Waals surface area (Å²) in [5, 5.41) is 1.31. The van der Waals surface area contributed by atoms with E-state index in [9.17, 15) is 4.79 Å². The largest absolute Gasteiger partial charge is 0.497 e. The van der Waals surface area contributed by atoms with E-state index >= 15 is 0 Å². The fraction of sp³-hybridized carbons (Fsp3) is 0.273. The summed E-state index contributed by atoms with van der Waals surface area (Å²) in [7, 11) is 1.57. The molecule has 0 amide bonds. The summed E-state index contributed by atoms with van der Waals surface area (Å²) in [6.07, 6.45) is 1.10.